The van der Waals surface area contributed by atoms with Crippen molar-refractivity contribution in [1.82, 2.24) is 19.2 Å². The van der Waals surface area contributed by atoms with Crippen LogP contribution < -0.4 is 5.56 Å². The lowest BCUT2D eigenvalue weighted by atomic mass is 9.87. The minimum atomic E-state index is -3.33. The summed E-state index contributed by atoms with van der Waals surface area (Å²) < 4.78 is 24.9. The summed E-state index contributed by atoms with van der Waals surface area (Å²) in [5, 5.41) is 0. The third-order valence-electron chi connectivity index (χ3n) is 6.60. The summed E-state index contributed by atoms with van der Waals surface area (Å²) in [5.41, 5.74) is 0.879. The number of H-pyrrole nitrogens is 1. The molecule has 1 atom stereocenters. The minimum absolute atomic E-state index is 0.0298. The Morgan fingerprint density at radius 2 is 1.86 bits per heavy atom. The van der Waals surface area contributed by atoms with Crippen LogP contribution in [0, 0.1) is 5.92 Å². The number of amides is 1. The molecule has 0 bridgehead atoms. The molecule has 3 heterocycles. The van der Waals surface area contributed by atoms with Gasteiger partial charge in [-0.15, -0.1) is 0 Å². The Hall–Kier alpha value is -1.74. The van der Waals surface area contributed by atoms with E-state index in [0.717, 1.165) is 51.3 Å². The SMILES string of the molecule is CS(=O)(=O)N1CCc2nc(C3CCCN(C(=O)C4CCCCC4)C3)[nH]c(=O)c2C1. The average Bonchev–Trinajstić information content (AvgIpc) is 2.73. The first-order valence-electron chi connectivity index (χ1n) is 10.7. The number of sulfonamides is 1. The number of carbonyl (C=O) groups is 1. The van der Waals surface area contributed by atoms with Crippen LogP contribution in [0.3, 0.4) is 0 Å². The van der Waals surface area contributed by atoms with Gasteiger partial charge in [0.1, 0.15) is 5.82 Å². The molecule has 2 fully saturated rings. The molecule has 0 radical (unpaired) electrons. The molecule has 1 unspecified atom stereocenters. The summed E-state index contributed by atoms with van der Waals surface area (Å²) >= 11 is 0. The number of nitrogens with one attached hydrogen (secondary N) is 1. The van der Waals surface area contributed by atoms with Crippen LogP contribution in [0.2, 0.25) is 0 Å². The van der Waals surface area contributed by atoms with Gasteiger partial charge >= 0.3 is 0 Å². The molecule has 1 aromatic heterocycles. The number of piperidine rings is 1. The number of likely N-dealkylation sites (tertiary alicyclic amines) is 1. The van der Waals surface area contributed by atoms with Crippen molar-refractivity contribution >= 4 is 15.9 Å². The first-order chi connectivity index (χ1) is 13.8. The lowest BCUT2D eigenvalue weighted by molar-refractivity contribution is -0.137. The highest BCUT2D eigenvalue weighted by Gasteiger charge is 2.32. The van der Waals surface area contributed by atoms with E-state index in [4.69, 9.17) is 4.98 Å². The quantitative estimate of drug-likeness (QED) is 0.792. The van der Waals surface area contributed by atoms with Gasteiger partial charge in [-0.1, -0.05) is 19.3 Å². The zero-order chi connectivity index (χ0) is 20.6. The lowest BCUT2D eigenvalue weighted by Gasteiger charge is -2.36. The molecular formula is C20H30N4O4S. The second kappa shape index (κ2) is 8.18. The highest BCUT2D eigenvalue weighted by Crippen LogP contribution is 2.30. The molecule has 1 N–H and O–H groups in total. The Labute approximate surface area is 171 Å². The van der Waals surface area contributed by atoms with Crippen LogP contribution in [-0.2, 0) is 27.8 Å². The maximum atomic E-state index is 12.9. The van der Waals surface area contributed by atoms with Crippen molar-refractivity contribution in [3.63, 3.8) is 0 Å². The van der Waals surface area contributed by atoms with Crippen LogP contribution in [-0.4, -0.2) is 59.4 Å². The third kappa shape index (κ3) is 4.40. The smallest absolute Gasteiger partial charge is 0.255 e. The van der Waals surface area contributed by atoms with Crippen molar-refractivity contribution < 1.29 is 13.2 Å². The number of rotatable bonds is 3. The van der Waals surface area contributed by atoms with Gasteiger partial charge in [0.2, 0.25) is 15.9 Å². The predicted octanol–water partition coefficient (Wildman–Crippen LogP) is 1.37. The van der Waals surface area contributed by atoms with Gasteiger partial charge in [0.25, 0.3) is 5.56 Å². The molecule has 1 saturated heterocycles. The summed E-state index contributed by atoms with van der Waals surface area (Å²) in [5.74, 6) is 1.09. The van der Waals surface area contributed by atoms with E-state index >= 15 is 0 Å². The van der Waals surface area contributed by atoms with Crippen LogP contribution in [0.15, 0.2) is 4.79 Å². The molecule has 3 aliphatic rings. The standard InChI is InChI=1S/C20H30N4O4S/c1-29(27,28)24-11-9-17-16(13-24)19(25)22-18(21-17)15-8-5-10-23(12-15)20(26)14-6-3-2-4-7-14/h14-15H,2-13H2,1H3,(H,21,22,25). The molecule has 0 spiro atoms. The van der Waals surface area contributed by atoms with Crippen molar-refractivity contribution in [2.75, 3.05) is 25.9 Å². The van der Waals surface area contributed by atoms with E-state index in [1.165, 1.54) is 10.7 Å². The largest absolute Gasteiger partial charge is 0.342 e. The van der Waals surface area contributed by atoms with Gasteiger partial charge in [-0.05, 0) is 25.7 Å². The molecule has 1 amide bonds. The second-order valence-corrected chi connectivity index (χ2v) is 10.7. The first-order valence-corrected chi connectivity index (χ1v) is 12.5. The molecule has 0 aromatic carbocycles. The summed E-state index contributed by atoms with van der Waals surface area (Å²) in [4.78, 5) is 35.2. The molecule has 29 heavy (non-hydrogen) atoms. The summed E-state index contributed by atoms with van der Waals surface area (Å²) in [6.07, 6.45) is 8.89. The lowest BCUT2D eigenvalue weighted by Crippen LogP contribution is -2.44. The number of fused-ring (bicyclic) bond motifs is 1. The van der Waals surface area contributed by atoms with Crippen molar-refractivity contribution in [2.45, 2.75) is 63.8 Å². The van der Waals surface area contributed by atoms with E-state index in [9.17, 15) is 18.0 Å². The molecule has 9 heteroatoms. The third-order valence-corrected chi connectivity index (χ3v) is 7.84. The topological polar surface area (TPSA) is 103 Å². The number of hydrogen-bond donors (Lipinski definition) is 1. The number of hydrogen-bond acceptors (Lipinski definition) is 5. The Morgan fingerprint density at radius 3 is 2.59 bits per heavy atom. The van der Waals surface area contributed by atoms with Gasteiger partial charge in [-0.25, -0.2) is 13.4 Å². The number of carbonyl (C=O) groups excluding carboxylic acids is 1. The van der Waals surface area contributed by atoms with Crippen LogP contribution in [0.5, 0.6) is 0 Å². The molecule has 1 aliphatic carbocycles. The zero-order valence-electron chi connectivity index (χ0n) is 17.0. The number of aromatic nitrogens is 2. The molecule has 4 rings (SSSR count). The van der Waals surface area contributed by atoms with Gasteiger partial charge in [-0.3, -0.25) is 9.59 Å². The Morgan fingerprint density at radius 1 is 1.10 bits per heavy atom. The van der Waals surface area contributed by atoms with Crippen molar-refractivity contribution in [1.29, 1.82) is 0 Å². The second-order valence-electron chi connectivity index (χ2n) is 8.68. The summed E-state index contributed by atoms with van der Waals surface area (Å²) in [6.45, 7) is 1.81. The number of aromatic amines is 1. The average molecular weight is 423 g/mol. The Bertz CT molecular complexity index is 936. The summed E-state index contributed by atoms with van der Waals surface area (Å²) in [7, 11) is -3.33. The number of nitrogens with zero attached hydrogens (tertiary/aromatic N) is 3. The van der Waals surface area contributed by atoms with Crippen LogP contribution in [0.25, 0.3) is 0 Å². The first kappa shape index (κ1) is 20.5. The predicted molar refractivity (Wildman–Crippen MR) is 109 cm³/mol. The van der Waals surface area contributed by atoms with Crippen LogP contribution in [0.1, 0.15) is 67.9 Å². The normalized spacial score (nSPS) is 24.3. The molecule has 2 aliphatic heterocycles. The van der Waals surface area contributed by atoms with E-state index < -0.39 is 10.0 Å². The fraction of sp³-hybridized carbons (Fsp3) is 0.750. The zero-order valence-corrected chi connectivity index (χ0v) is 17.8. The monoisotopic (exact) mass is 422 g/mol. The molecule has 1 saturated carbocycles. The van der Waals surface area contributed by atoms with E-state index in [2.05, 4.69) is 4.98 Å². The molecule has 160 valence electrons. The minimum Gasteiger partial charge on any atom is -0.342 e. The van der Waals surface area contributed by atoms with Gasteiger partial charge in [0.05, 0.1) is 17.5 Å². The Balaban J connectivity index is 1.51. The van der Waals surface area contributed by atoms with Gasteiger partial charge in [0, 0.05) is 44.4 Å². The molecular weight excluding hydrogens is 392 g/mol. The van der Waals surface area contributed by atoms with E-state index in [1.54, 1.807) is 0 Å². The van der Waals surface area contributed by atoms with E-state index in [1.807, 2.05) is 4.90 Å². The van der Waals surface area contributed by atoms with E-state index in [-0.39, 0.29) is 29.8 Å². The molecule has 1 aromatic rings. The van der Waals surface area contributed by atoms with Gasteiger partial charge in [0.15, 0.2) is 0 Å². The van der Waals surface area contributed by atoms with Gasteiger partial charge in [-0.2, -0.15) is 4.31 Å². The highest BCUT2D eigenvalue weighted by molar-refractivity contribution is 7.88. The summed E-state index contributed by atoms with van der Waals surface area (Å²) in [6, 6.07) is 0. The maximum Gasteiger partial charge on any atom is 0.255 e. The fourth-order valence-electron chi connectivity index (χ4n) is 4.90. The van der Waals surface area contributed by atoms with Gasteiger partial charge < -0.3 is 9.88 Å². The van der Waals surface area contributed by atoms with E-state index in [0.29, 0.717) is 36.6 Å². The molecule has 8 nitrogen and oxygen atoms in total. The van der Waals surface area contributed by atoms with Crippen molar-refractivity contribution in [3.8, 4) is 0 Å². The van der Waals surface area contributed by atoms with Crippen molar-refractivity contribution in [2.24, 2.45) is 5.92 Å². The maximum absolute atomic E-state index is 12.9. The van der Waals surface area contributed by atoms with Crippen LogP contribution in [0.4, 0.5) is 0 Å². The highest BCUT2D eigenvalue weighted by atomic mass is 32.2. The van der Waals surface area contributed by atoms with Crippen LogP contribution >= 0.6 is 0 Å². The Kier molecular flexibility index (Phi) is 5.79. The fourth-order valence-corrected chi connectivity index (χ4v) is 5.69. The van der Waals surface area contributed by atoms with Crippen molar-refractivity contribution in [3.05, 3.63) is 27.4 Å².